The highest BCUT2D eigenvalue weighted by atomic mass is 19.1. The van der Waals surface area contributed by atoms with E-state index in [1.54, 1.807) is 12.1 Å². The first-order chi connectivity index (χ1) is 13.0. The molecule has 1 fully saturated rings. The lowest BCUT2D eigenvalue weighted by Gasteiger charge is -2.20. The highest BCUT2D eigenvalue weighted by Gasteiger charge is 2.60. The number of hydrogen-bond donors (Lipinski definition) is 1. The van der Waals surface area contributed by atoms with E-state index < -0.39 is 0 Å². The zero-order chi connectivity index (χ0) is 19.0. The number of nitrogens with one attached hydrogen (secondary N) is 1. The minimum Gasteiger partial charge on any atom is -0.326 e. The number of halogens is 1. The fourth-order valence-electron chi connectivity index (χ4n) is 3.99. The van der Waals surface area contributed by atoms with Crippen molar-refractivity contribution in [2.45, 2.75) is 25.7 Å². The Morgan fingerprint density at radius 2 is 1.48 bits per heavy atom. The van der Waals surface area contributed by atoms with Gasteiger partial charge >= 0.3 is 0 Å². The fraction of sp³-hybridized carbons (Fsp3) is 0.208. The minimum absolute atomic E-state index is 0.0235. The van der Waals surface area contributed by atoms with Crippen LogP contribution in [0.3, 0.4) is 0 Å². The van der Waals surface area contributed by atoms with Crippen molar-refractivity contribution in [3.63, 3.8) is 0 Å². The summed E-state index contributed by atoms with van der Waals surface area (Å²) in [4.78, 5) is 13.0. The van der Waals surface area contributed by atoms with Crippen LogP contribution in [-0.2, 0) is 10.2 Å². The largest absolute Gasteiger partial charge is 0.326 e. The van der Waals surface area contributed by atoms with Gasteiger partial charge in [0.1, 0.15) is 5.82 Å². The monoisotopic (exact) mass is 359 g/mol. The van der Waals surface area contributed by atoms with Gasteiger partial charge in [0, 0.05) is 11.1 Å². The molecule has 0 unspecified atom stereocenters. The maximum atomic E-state index is 13.1. The quantitative estimate of drug-likeness (QED) is 0.665. The van der Waals surface area contributed by atoms with Gasteiger partial charge in [0.2, 0.25) is 5.91 Å². The molecule has 1 amide bonds. The number of rotatable bonds is 4. The van der Waals surface area contributed by atoms with Gasteiger partial charge in [-0.25, -0.2) is 4.39 Å². The summed E-state index contributed by atoms with van der Waals surface area (Å²) < 4.78 is 13.1. The molecule has 0 radical (unpaired) electrons. The van der Waals surface area contributed by atoms with E-state index in [4.69, 9.17) is 0 Å². The molecule has 3 aromatic carbocycles. The van der Waals surface area contributed by atoms with Crippen molar-refractivity contribution in [3.8, 4) is 0 Å². The van der Waals surface area contributed by atoms with E-state index in [2.05, 4.69) is 67.7 Å². The van der Waals surface area contributed by atoms with Gasteiger partial charge in [-0.15, -0.1) is 0 Å². The number of carbonyl (C=O) groups is 1. The summed E-state index contributed by atoms with van der Waals surface area (Å²) in [5, 5.41) is 2.95. The van der Waals surface area contributed by atoms with Crippen LogP contribution in [0, 0.1) is 25.6 Å². The van der Waals surface area contributed by atoms with Gasteiger partial charge in [-0.1, -0.05) is 59.7 Å². The molecule has 136 valence electrons. The topological polar surface area (TPSA) is 29.1 Å². The first-order valence-corrected chi connectivity index (χ1v) is 9.20. The number of hydrogen-bond acceptors (Lipinski definition) is 1. The summed E-state index contributed by atoms with van der Waals surface area (Å²) in [7, 11) is 0. The summed E-state index contributed by atoms with van der Waals surface area (Å²) in [6, 6.07) is 22.7. The molecule has 1 N–H and O–H groups in total. The van der Waals surface area contributed by atoms with E-state index in [1.165, 1.54) is 34.4 Å². The average molecular weight is 359 g/mol. The standard InChI is InChI=1S/C24H22FNO/c1-16-5-3-7-18(13-16)24(19-8-4-6-17(2)14-19)15-22(24)23(27)26-21-11-9-20(25)10-12-21/h3-14,22H,15H2,1-2H3,(H,26,27)/t22-/m1/s1. The highest BCUT2D eigenvalue weighted by Crippen LogP contribution is 2.59. The predicted molar refractivity (Wildman–Crippen MR) is 106 cm³/mol. The first-order valence-electron chi connectivity index (χ1n) is 9.20. The Kier molecular flexibility index (Phi) is 4.31. The van der Waals surface area contributed by atoms with Crippen LogP contribution >= 0.6 is 0 Å². The number of aryl methyl sites for hydroxylation is 2. The van der Waals surface area contributed by atoms with Gasteiger partial charge in [-0.3, -0.25) is 4.79 Å². The van der Waals surface area contributed by atoms with Gasteiger partial charge in [0.15, 0.2) is 0 Å². The van der Waals surface area contributed by atoms with E-state index >= 15 is 0 Å². The van der Waals surface area contributed by atoms with E-state index in [1.807, 2.05) is 0 Å². The number of benzene rings is 3. The molecule has 0 aromatic heterocycles. The number of anilines is 1. The second-order valence-corrected chi connectivity index (χ2v) is 7.46. The normalized spacial score (nSPS) is 17.4. The molecule has 1 aliphatic rings. The van der Waals surface area contributed by atoms with Crippen molar-refractivity contribution in [2.24, 2.45) is 5.92 Å². The van der Waals surface area contributed by atoms with Gasteiger partial charge in [-0.2, -0.15) is 0 Å². The summed E-state index contributed by atoms with van der Waals surface area (Å²) in [5.41, 5.74) is 5.03. The SMILES string of the molecule is Cc1cccc(C2(c3cccc(C)c3)C[C@@H]2C(=O)Nc2ccc(F)cc2)c1. The van der Waals surface area contributed by atoms with Crippen molar-refractivity contribution in [2.75, 3.05) is 5.32 Å². The number of carbonyl (C=O) groups excluding carboxylic acids is 1. The van der Waals surface area contributed by atoms with Crippen LogP contribution in [0.15, 0.2) is 72.8 Å². The van der Waals surface area contributed by atoms with Crippen LogP contribution in [0.25, 0.3) is 0 Å². The lowest BCUT2D eigenvalue weighted by molar-refractivity contribution is -0.117. The summed E-state index contributed by atoms with van der Waals surface area (Å²) in [6.07, 6.45) is 0.771. The molecule has 4 rings (SSSR count). The third-order valence-electron chi connectivity index (χ3n) is 5.46. The Morgan fingerprint density at radius 3 is 2.00 bits per heavy atom. The molecular formula is C24H22FNO. The van der Waals surface area contributed by atoms with Crippen molar-refractivity contribution in [3.05, 3.63) is 101 Å². The molecule has 1 aliphatic carbocycles. The zero-order valence-corrected chi connectivity index (χ0v) is 15.5. The highest BCUT2D eigenvalue weighted by molar-refractivity contribution is 5.97. The Labute approximate surface area is 159 Å². The summed E-state index contributed by atoms with van der Waals surface area (Å²) in [6.45, 7) is 4.15. The molecule has 1 saturated carbocycles. The molecule has 0 saturated heterocycles. The van der Waals surface area contributed by atoms with Crippen LogP contribution in [-0.4, -0.2) is 5.91 Å². The summed E-state index contributed by atoms with van der Waals surface area (Å²) in [5.74, 6) is -0.482. The Morgan fingerprint density at radius 1 is 0.926 bits per heavy atom. The van der Waals surface area contributed by atoms with Crippen LogP contribution in [0.5, 0.6) is 0 Å². The van der Waals surface area contributed by atoms with Gasteiger partial charge in [-0.05, 0) is 55.7 Å². The smallest absolute Gasteiger partial charge is 0.228 e. The first kappa shape index (κ1) is 17.5. The fourth-order valence-corrected chi connectivity index (χ4v) is 3.99. The lowest BCUT2D eigenvalue weighted by atomic mass is 9.84. The molecule has 0 bridgehead atoms. The third-order valence-corrected chi connectivity index (χ3v) is 5.46. The maximum Gasteiger partial charge on any atom is 0.228 e. The predicted octanol–water partition coefficient (Wildman–Crippen LogP) is 5.39. The maximum absolute atomic E-state index is 13.1. The molecule has 0 heterocycles. The Hall–Kier alpha value is -2.94. The molecule has 27 heavy (non-hydrogen) atoms. The van der Waals surface area contributed by atoms with Gasteiger partial charge in [0.05, 0.1) is 5.92 Å². The molecule has 0 spiro atoms. The molecule has 3 aromatic rings. The summed E-state index contributed by atoms with van der Waals surface area (Å²) >= 11 is 0. The van der Waals surface area contributed by atoms with Crippen molar-refractivity contribution >= 4 is 11.6 Å². The third kappa shape index (κ3) is 3.25. The molecule has 1 atom stereocenters. The molecule has 0 aliphatic heterocycles. The van der Waals surface area contributed by atoms with Crippen molar-refractivity contribution in [1.29, 1.82) is 0 Å². The van der Waals surface area contributed by atoms with Crippen LogP contribution in [0.1, 0.15) is 28.7 Å². The molecule has 2 nitrogen and oxygen atoms in total. The van der Waals surface area contributed by atoms with E-state index in [0.717, 1.165) is 6.42 Å². The second-order valence-electron chi connectivity index (χ2n) is 7.46. The lowest BCUT2D eigenvalue weighted by Crippen LogP contribution is -2.22. The minimum atomic E-state index is -0.312. The molecule has 3 heteroatoms. The molecular weight excluding hydrogens is 337 g/mol. The van der Waals surface area contributed by atoms with Crippen LogP contribution in [0.4, 0.5) is 10.1 Å². The van der Waals surface area contributed by atoms with Crippen LogP contribution < -0.4 is 5.32 Å². The van der Waals surface area contributed by atoms with Gasteiger partial charge < -0.3 is 5.32 Å². The zero-order valence-electron chi connectivity index (χ0n) is 15.5. The van der Waals surface area contributed by atoms with E-state index in [0.29, 0.717) is 5.69 Å². The number of amides is 1. The Balaban J connectivity index is 1.69. The average Bonchev–Trinajstić information content (AvgIpc) is 3.41. The van der Waals surface area contributed by atoms with Crippen LogP contribution in [0.2, 0.25) is 0 Å². The Bertz CT molecular complexity index is 948. The van der Waals surface area contributed by atoms with E-state index in [9.17, 15) is 9.18 Å². The van der Waals surface area contributed by atoms with Crippen molar-refractivity contribution < 1.29 is 9.18 Å². The van der Waals surface area contributed by atoms with E-state index in [-0.39, 0.29) is 23.1 Å². The van der Waals surface area contributed by atoms with Gasteiger partial charge in [0.25, 0.3) is 0 Å². The van der Waals surface area contributed by atoms with Crippen molar-refractivity contribution in [1.82, 2.24) is 0 Å². The second kappa shape index (κ2) is 6.66.